The molecule has 0 bridgehead atoms. The summed E-state index contributed by atoms with van der Waals surface area (Å²) in [5.41, 5.74) is 15.5. The third kappa shape index (κ3) is 5.60. The summed E-state index contributed by atoms with van der Waals surface area (Å²) in [5, 5.41) is 4.71. The maximum Gasteiger partial charge on any atom is 0.136 e. The molecule has 11 rings (SSSR count). The molecule has 11 aromatic rings. The minimum atomic E-state index is 0.889. The van der Waals surface area contributed by atoms with Crippen LogP contribution in [0.3, 0.4) is 0 Å². The molecule has 0 aliphatic heterocycles. The lowest BCUT2D eigenvalue weighted by molar-refractivity contribution is 0.669. The number of furan rings is 1. The monoisotopic (exact) mass is 728 g/mol. The zero-order valence-electron chi connectivity index (χ0n) is 31.1. The number of anilines is 3. The van der Waals surface area contributed by atoms with E-state index in [0.29, 0.717) is 0 Å². The highest BCUT2D eigenvalue weighted by molar-refractivity contribution is 6.17. The van der Waals surface area contributed by atoms with Crippen LogP contribution in [0, 0.1) is 0 Å². The standard InChI is InChI=1S/C54H36N2O/c1-4-16-37(17-5-1)39-20-12-24-42(34-39)55(43-25-13-21-40(35-43)46-28-15-31-52-54(46)48-26-10-11-30-51(48)57-52)44-32-33-47-50(36-44)56(41-22-8-3-9-23-41)49-29-14-27-45(53(47)49)38-18-6-2-7-19-38/h1-36H. The summed E-state index contributed by atoms with van der Waals surface area (Å²) >= 11 is 0. The van der Waals surface area contributed by atoms with Gasteiger partial charge in [0.15, 0.2) is 0 Å². The highest BCUT2D eigenvalue weighted by atomic mass is 16.3. The molecule has 2 aromatic heterocycles. The lowest BCUT2D eigenvalue weighted by Crippen LogP contribution is -2.10. The molecule has 0 amide bonds. The summed E-state index contributed by atoms with van der Waals surface area (Å²) in [4.78, 5) is 2.40. The molecule has 0 radical (unpaired) electrons. The van der Waals surface area contributed by atoms with Gasteiger partial charge in [0.25, 0.3) is 0 Å². The van der Waals surface area contributed by atoms with Gasteiger partial charge in [-0.3, -0.25) is 0 Å². The first-order valence-corrected chi connectivity index (χ1v) is 19.4. The third-order valence-corrected chi connectivity index (χ3v) is 11.2. The molecule has 9 aromatic carbocycles. The van der Waals surface area contributed by atoms with Gasteiger partial charge in [-0.25, -0.2) is 0 Å². The smallest absolute Gasteiger partial charge is 0.136 e. The van der Waals surface area contributed by atoms with Crippen molar-refractivity contribution in [3.05, 3.63) is 218 Å². The zero-order valence-corrected chi connectivity index (χ0v) is 31.1. The van der Waals surface area contributed by atoms with Gasteiger partial charge in [-0.1, -0.05) is 152 Å². The fraction of sp³-hybridized carbons (Fsp3) is 0. The van der Waals surface area contributed by atoms with Gasteiger partial charge in [-0.05, 0) is 100 Å². The van der Waals surface area contributed by atoms with Crippen molar-refractivity contribution in [2.75, 3.05) is 4.90 Å². The van der Waals surface area contributed by atoms with Crippen molar-refractivity contribution < 1.29 is 4.42 Å². The lowest BCUT2D eigenvalue weighted by atomic mass is 9.98. The van der Waals surface area contributed by atoms with Gasteiger partial charge in [-0.15, -0.1) is 0 Å². The Morgan fingerprint density at radius 2 is 0.895 bits per heavy atom. The Morgan fingerprint density at radius 3 is 1.67 bits per heavy atom. The van der Waals surface area contributed by atoms with Gasteiger partial charge in [-0.2, -0.15) is 0 Å². The number of benzene rings is 9. The van der Waals surface area contributed by atoms with E-state index >= 15 is 0 Å². The van der Waals surface area contributed by atoms with Crippen molar-refractivity contribution in [1.82, 2.24) is 4.57 Å². The second-order valence-electron chi connectivity index (χ2n) is 14.5. The molecule has 0 aliphatic rings. The van der Waals surface area contributed by atoms with Crippen LogP contribution >= 0.6 is 0 Å². The molecule has 0 N–H and O–H groups in total. The predicted octanol–water partition coefficient (Wildman–Crippen LogP) is 15.2. The fourth-order valence-electron chi connectivity index (χ4n) is 8.64. The molecule has 57 heavy (non-hydrogen) atoms. The Morgan fingerprint density at radius 1 is 0.333 bits per heavy atom. The maximum atomic E-state index is 6.32. The number of aromatic nitrogens is 1. The van der Waals surface area contributed by atoms with E-state index in [9.17, 15) is 0 Å². The molecule has 3 nitrogen and oxygen atoms in total. The predicted molar refractivity (Wildman–Crippen MR) is 239 cm³/mol. The molecular formula is C54H36N2O. The Bertz CT molecular complexity index is 3230. The molecular weight excluding hydrogens is 693 g/mol. The second-order valence-corrected chi connectivity index (χ2v) is 14.5. The van der Waals surface area contributed by atoms with Gasteiger partial charge in [0, 0.05) is 44.3 Å². The number of nitrogens with zero attached hydrogens (tertiary/aromatic N) is 2. The van der Waals surface area contributed by atoms with Crippen molar-refractivity contribution in [3.8, 4) is 39.1 Å². The van der Waals surface area contributed by atoms with Crippen LogP contribution in [0.1, 0.15) is 0 Å². The highest BCUT2D eigenvalue weighted by Gasteiger charge is 2.21. The van der Waals surface area contributed by atoms with Crippen LogP contribution < -0.4 is 4.90 Å². The van der Waals surface area contributed by atoms with E-state index in [2.05, 4.69) is 216 Å². The van der Waals surface area contributed by atoms with E-state index in [1.165, 1.54) is 33.0 Å². The van der Waals surface area contributed by atoms with Crippen molar-refractivity contribution >= 4 is 60.8 Å². The summed E-state index contributed by atoms with van der Waals surface area (Å²) in [6.07, 6.45) is 0. The van der Waals surface area contributed by atoms with Crippen LogP contribution in [-0.4, -0.2) is 4.57 Å². The Labute approximate surface area is 330 Å². The molecule has 0 unspecified atom stereocenters. The summed E-state index contributed by atoms with van der Waals surface area (Å²) in [6.45, 7) is 0. The highest BCUT2D eigenvalue weighted by Crippen LogP contribution is 2.44. The van der Waals surface area contributed by atoms with Crippen LogP contribution in [0.15, 0.2) is 223 Å². The van der Waals surface area contributed by atoms with E-state index < -0.39 is 0 Å². The molecule has 268 valence electrons. The van der Waals surface area contributed by atoms with Crippen molar-refractivity contribution in [2.45, 2.75) is 0 Å². The summed E-state index contributed by atoms with van der Waals surface area (Å²) in [5.74, 6) is 0. The minimum absolute atomic E-state index is 0.889. The van der Waals surface area contributed by atoms with Gasteiger partial charge < -0.3 is 13.9 Å². The molecule has 0 atom stereocenters. The molecule has 3 heteroatoms. The molecule has 0 aliphatic carbocycles. The van der Waals surface area contributed by atoms with Crippen LogP contribution in [0.5, 0.6) is 0 Å². The third-order valence-electron chi connectivity index (χ3n) is 11.2. The average molecular weight is 729 g/mol. The van der Waals surface area contributed by atoms with E-state index in [1.54, 1.807) is 0 Å². The normalized spacial score (nSPS) is 11.5. The molecule has 0 spiro atoms. The van der Waals surface area contributed by atoms with Crippen LogP contribution in [0.2, 0.25) is 0 Å². The Kier molecular flexibility index (Phi) is 7.82. The van der Waals surface area contributed by atoms with Gasteiger partial charge in [0.05, 0.1) is 11.0 Å². The van der Waals surface area contributed by atoms with E-state index in [0.717, 1.165) is 66.9 Å². The van der Waals surface area contributed by atoms with Gasteiger partial charge in [0.1, 0.15) is 11.2 Å². The number of rotatable bonds is 7. The first kappa shape index (κ1) is 32.8. The zero-order chi connectivity index (χ0) is 37.7. The van der Waals surface area contributed by atoms with Crippen LogP contribution in [-0.2, 0) is 0 Å². The minimum Gasteiger partial charge on any atom is -0.456 e. The maximum absolute atomic E-state index is 6.32. The first-order valence-electron chi connectivity index (χ1n) is 19.4. The molecule has 0 saturated carbocycles. The SMILES string of the molecule is c1ccc(-c2cccc(N(c3cccc(-c4cccc5oc6ccccc6c45)c3)c3ccc4c5c(-c6ccccc6)cccc5n(-c5ccccc5)c4c3)c2)cc1. The van der Waals surface area contributed by atoms with E-state index in [1.807, 2.05) is 12.1 Å². The average Bonchev–Trinajstić information content (AvgIpc) is 3.83. The largest absolute Gasteiger partial charge is 0.456 e. The van der Waals surface area contributed by atoms with Crippen LogP contribution in [0.25, 0.3) is 82.8 Å². The topological polar surface area (TPSA) is 21.3 Å². The second kappa shape index (κ2) is 13.6. The van der Waals surface area contributed by atoms with Gasteiger partial charge in [0.2, 0.25) is 0 Å². The van der Waals surface area contributed by atoms with Crippen molar-refractivity contribution in [3.63, 3.8) is 0 Å². The van der Waals surface area contributed by atoms with E-state index in [4.69, 9.17) is 4.42 Å². The van der Waals surface area contributed by atoms with Crippen molar-refractivity contribution in [2.24, 2.45) is 0 Å². The Hall–Kier alpha value is -7.62. The summed E-state index contributed by atoms with van der Waals surface area (Å²) in [7, 11) is 0. The number of hydrogen-bond acceptors (Lipinski definition) is 2. The van der Waals surface area contributed by atoms with Crippen molar-refractivity contribution in [1.29, 1.82) is 0 Å². The van der Waals surface area contributed by atoms with Crippen LogP contribution in [0.4, 0.5) is 17.1 Å². The number of para-hydroxylation sites is 2. The molecule has 0 saturated heterocycles. The summed E-state index contributed by atoms with van der Waals surface area (Å²) in [6, 6.07) is 78.2. The molecule has 2 heterocycles. The first-order chi connectivity index (χ1) is 28.3. The quantitative estimate of drug-likeness (QED) is 0.163. The summed E-state index contributed by atoms with van der Waals surface area (Å²) < 4.78 is 8.74. The number of hydrogen-bond donors (Lipinski definition) is 0. The van der Waals surface area contributed by atoms with E-state index in [-0.39, 0.29) is 0 Å². The lowest BCUT2D eigenvalue weighted by Gasteiger charge is -2.27. The Balaban J connectivity index is 1.16. The van der Waals surface area contributed by atoms with Gasteiger partial charge >= 0.3 is 0 Å². The fourth-order valence-corrected chi connectivity index (χ4v) is 8.64. The molecule has 0 fully saturated rings. The number of fused-ring (bicyclic) bond motifs is 6.